The van der Waals surface area contributed by atoms with Crippen LogP contribution in [0.4, 0.5) is 0 Å². The average molecular weight is 579 g/mol. The first-order valence-electron chi connectivity index (χ1n) is 9.92. The number of H-pyrrole nitrogens is 1. The highest BCUT2D eigenvalue weighted by atomic mass is 79.9. The first kappa shape index (κ1) is 26.4. The third-order valence-electron chi connectivity index (χ3n) is 4.65. The van der Waals surface area contributed by atoms with E-state index in [1.54, 1.807) is 31.2 Å². The molecule has 14 heteroatoms. The van der Waals surface area contributed by atoms with E-state index in [9.17, 15) is 18.9 Å². The number of hydrogen-bond acceptors (Lipinski definition) is 8. The molecule has 4 atom stereocenters. The minimum Gasteiger partial charge on any atom is -0.468 e. The highest BCUT2D eigenvalue weighted by Gasteiger charge is 2.34. The molecule has 2 unspecified atom stereocenters. The molecule has 0 aliphatic carbocycles. The van der Waals surface area contributed by atoms with Crippen molar-refractivity contribution in [2.75, 3.05) is 13.7 Å². The monoisotopic (exact) mass is 577 g/mol. The molecule has 11 nitrogen and oxygen atoms in total. The van der Waals surface area contributed by atoms with Gasteiger partial charge in [-0.2, -0.15) is 5.09 Å². The number of hydrogen-bond donors (Lipinski definition) is 2. The van der Waals surface area contributed by atoms with Gasteiger partial charge in [0.1, 0.15) is 17.9 Å². The number of nitrogens with zero attached hydrogens (tertiary/aromatic N) is 1. The highest BCUT2D eigenvalue weighted by Crippen LogP contribution is 2.47. The third kappa shape index (κ3) is 6.47. The molecule has 0 fully saturated rings. The van der Waals surface area contributed by atoms with Crippen molar-refractivity contribution in [2.45, 2.75) is 32.2 Å². The van der Waals surface area contributed by atoms with Crippen LogP contribution in [0.1, 0.15) is 18.7 Å². The Morgan fingerprint density at radius 2 is 2.12 bits per heavy atom. The summed E-state index contributed by atoms with van der Waals surface area (Å²) in [6, 6.07) is 3.63. The second kappa shape index (κ2) is 11.0. The highest BCUT2D eigenvalue weighted by molar-refractivity contribution is 9.10. The largest absolute Gasteiger partial charge is 0.468 e. The molecule has 0 radical (unpaired) electrons. The van der Waals surface area contributed by atoms with Crippen molar-refractivity contribution in [2.24, 2.45) is 0 Å². The van der Waals surface area contributed by atoms with Gasteiger partial charge in [0.25, 0.3) is 5.56 Å². The van der Waals surface area contributed by atoms with Crippen LogP contribution >= 0.6 is 35.3 Å². The Morgan fingerprint density at radius 1 is 1.38 bits per heavy atom. The molecule has 0 spiro atoms. The lowest BCUT2D eigenvalue weighted by Gasteiger charge is -2.24. The van der Waals surface area contributed by atoms with Gasteiger partial charge in [0, 0.05) is 16.2 Å². The van der Waals surface area contributed by atoms with Crippen molar-refractivity contribution in [3.8, 4) is 5.75 Å². The van der Waals surface area contributed by atoms with E-state index in [-0.39, 0.29) is 17.4 Å². The first-order chi connectivity index (χ1) is 16.0. The maximum absolute atomic E-state index is 13.5. The summed E-state index contributed by atoms with van der Waals surface area (Å²) >= 11 is 9.44. The molecular formula is C20H22BrClN3O8P. The fourth-order valence-corrected chi connectivity index (χ4v) is 5.21. The third-order valence-corrected chi connectivity index (χ3v) is 7.07. The van der Waals surface area contributed by atoms with Gasteiger partial charge in [0.2, 0.25) is 0 Å². The summed E-state index contributed by atoms with van der Waals surface area (Å²) in [5, 5.41) is 2.68. The zero-order chi connectivity index (χ0) is 25.0. The average Bonchev–Trinajstić information content (AvgIpc) is 3.25. The van der Waals surface area contributed by atoms with Crippen LogP contribution in [0, 0.1) is 6.92 Å². The van der Waals surface area contributed by atoms with Crippen molar-refractivity contribution >= 4 is 41.2 Å². The lowest BCUT2D eigenvalue weighted by molar-refractivity contribution is -0.142. The summed E-state index contributed by atoms with van der Waals surface area (Å²) in [5.41, 5.74) is -0.792. The molecule has 0 saturated heterocycles. The zero-order valence-electron chi connectivity index (χ0n) is 18.3. The molecule has 0 amide bonds. The molecule has 1 aromatic heterocycles. The second-order valence-electron chi connectivity index (χ2n) is 7.26. The Morgan fingerprint density at radius 3 is 2.79 bits per heavy atom. The van der Waals surface area contributed by atoms with Crippen molar-refractivity contribution in [1.82, 2.24) is 14.6 Å². The van der Waals surface area contributed by atoms with Gasteiger partial charge < -0.3 is 14.0 Å². The van der Waals surface area contributed by atoms with Crippen LogP contribution in [0.25, 0.3) is 0 Å². The van der Waals surface area contributed by atoms with E-state index in [0.29, 0.717) is 10.0 Å². The molecular weight excluding hydrogens is 557 g/mol. The van der Waals surface area contributed by atoms with Gasteiger partial charge in [-0.25, -0.2) is 9.36 Å². The molecule has 1 aliphatic heterocycles. The Labute approximate surface area is 207 Å². The number of esters is 1. The predicted octanol–water partition coefficient (Wildman–Crippen LogP) is 3.07. The van der Waals surface area contributed by atoms with Crippen LogP contribution in [0.3, 0.4) is 0 Å². The fourth-order valence-electron chi connectivity index (χ4n) is 2.92. The van der Waals surface area contributed by atoms with E-state index < -0.39 is 43.3 Å². The van der Waals surface area contributed by atoms with Crippen LogP contribution in [0.2, 0.25) is 5.02 Å². The predicted molar refractivity (Wildman–Crippen MR) is 127 cm³/mol. The number of aromatic amines is 1. The molecule has 0 bridgehead atoms. The number of methoxy groups -OCH3 is 1. The molecule has 1 aromatic carbocycles. The van der Waals surface area contributed by atoms with Gasteiger partial charge >= 0.3 is 19.4 Å². The van der Waals surface area contributed by atoms with Crippen LogP contribution < -0.4 is 20.9 Å². The second-order valence-corrected chi connectivity index (χ2v) is 10.3. The number of nitrogens with one attached hydrogen (secondary N) is 2. The Bertz CT molecular complexity index is 1260. The van der Waals surface area contributed by atoms with E-state index in [0.717, 1.165) is 0 Å². The van der Waals surface area contributed by atoms with Crippen LogP contribution in [0.15, 0.2) is 50.6 Å². The quantitative estimate of drug-likeness (QED) is 0.261. The number of ether oxygens (including phenoxy) is 2. The van der Waals surface area contributed by atoms with Crippen molar-refractivity contribution in [1.29, 1.82) is 0 Å². The van der Waals surface area contributed by atoms with Gasteiger partial charge in [-0.05, 0) is 38.1 Å². The lowest BCUT2D eigenvalue weighted by Crippen LogP contribution is -2.35. The zero-order valence-corrected chi connectivity index (χ0v) is 21.6. The molecule has 3 rings (SSSR count). The van der Waals surface area contributed by atoms with Crippen LogP contribution in [-0.4, -0.2) is 41.4 Å². The maximum atomic E-state index is 13.5. The number of carbonyl (C=O) groups is 1. The number of aryl methyl sites for hydroxylation is 1. The summed E-state index contributed by atoms with van der Waals surface area (Å²) in [6.45, 7) is 2.74. The number of aromatic nitrogens is 2. The number of carbonyl (C=O) groups excluding carboxylic acids is 1. The minimum atomic E-state index is -4.16. The van der Waals surface area contributed by atoms with E-state index in [4.69, 9.17) is 25.4 Å². The van der Waals surface area contributed by atoms with E-state index >= 15 is 0 Å². The standard InChI is InChI=1S/C20H22BrClN3O8P/c1-11-9-25(20(28)23-18(11)26)17-7-5-14(32-17)10-31-34(29,24-12(2)19(27)30-3)33-16-6-4-13(21)8-15(16)22/h4-9,12,14,17H,10H2,1-3H3,(H,24,29)(H,23,26,28)/t12?,14-,17+,34?/m0/s1. The number of halogens is 2. The molecule has 1 aliphatic rings. The van der Waals surface area contributed by atoms with E-state index in [2.05, 4.69) is 30.7 Å². The summed E-state index contributed by atoms with van der Waals surface area (Å²) in [7, 11) is -2.96. The van der Waals surface area contributed by atoms with E-state index in [1.807, 2.05) is 0 Å². The smallest absolute Gasteiger partial charge is 0.459 e. The van der Waals surface area contributed by atoms with Crippen molar-refractivity contribution in [3.63, 3.8) is 0 Å². The SMILES string of the molecule is COC(=O)C(C)NP(=O)(OC[C@@H]1C=C[C@H](n2cc(C)c(=O)[nH]c2=O)O1)Oc1ccc(Br)cc1Cl. The Kier molecular flexibility index (Phi) is 8.56. The molecule has 0 saturated carbocycles. The first-order valence-corrected chi connectivity index (χ1v) is 12.6. The Balaban J connectivity index is 1.74. The minimum absolute atomic E-state index is 0.0637. The number of benzene rings is 1. The molecule has 34 heavy (non-hydrogen) atoms. The summed E-state index contributed by atoms with van der Waals surface area (Å²) < 4.78 is 36.9. The van der Waals surface area contributed by atoms with E-state index in [1.165, 1.54) is 30.9 Å². The fraction of sp³-hybridized carbons (Fsp3) is 0.350. The van der Waals surface area contributed by atoms with Gasteiger partial charge in [-0.15, -0.1) is 0 Å². The normalized spacial score (nSPS) is 20.0. The van der Waals surface area contributed by atoms with Crippen molar-refractivity contribution < 1.29 is 27.9 Å². The topological polar surface area (TPSA) is 138 Å². The molecule has 2 heterocycles. The van der Waals surface area contributed by atoms with Crippen LogP contribution in [-0.2, 0) is 23.4 Å². The van der Waals surface area contributed by atoms with Gasteiger partial charge in [-0.3, -0.25) is 23.7 Å². The molecule has 2 aromatic rings. The summed E-state index contributed by atoms with van der Waals surface area (Å²) in [6.07, 6.45) is 3.06. The van der Waals surface area contributed by atoms with Gasteiger partial charge in [-0.1, -0.05) is 33.6 Å². The van der Waals surface area contributed by atoms with Crippen molar-refractivity contribution in [3.05, 3.63) is 72.4 Å². The van der Waals surface area contributed by atoms with Gasteiger partial charge in [0.05, 0.1) is 18.7 Å². The molecule has 184 valence electrons. The molecule has 2 N–H and O–H groups in total. The maximum Gasteiger partial charge on any atom is 0.459 e. The lowest BCUT2D eigenvalue weighted by atomic mass is 10.3. The van der Waals surface area contributed by atoms with Crippen LogP contribution in [0.5, 0.6) is 5.75 Å². The van der Waals surface area contributed by atoms with Gasteiger partial charge in [0.15, 0.2) is 6.23 Å². The summed E-state index contributed by atoms with van der Waals surface area (Å²) in [4.78, 5) is 37.8. The Hall–Kier alpha value is -2.21. The summed E-state index contributed by atoms with van der Waals surface area (Å²) in [5.74, 6) is -0.618. The number of rotatable bonds is 9.